The zero-order valence-electron chi connectivity index (χ0n) is 24.1. The Morgan fingerprint density at radius 3 is 2.17 bits per heavy atom. The first-order chi connectivity index (χ1) is 19.4. The van der Waals surface area contributed by atoms with Crippen LogP contribution in [0.1, 0.15) is 68.3 Å². The van der Waals surface area contributed by atoms with Crippen LogP contribution in [0.3, 0.4) is 0 Å². The second kappa shape index (κ2) is 15.8. The highest BCUT2D eigenvalue weighted by Crippen LogP contribution is 2.42. The molecule has 0 radical (unpaired) electrons. The average Bonchev–Trinajstić information content (AvgIpc) is 3.45. The molecule has 1 N–H and O–H groups in total. The third-order valence-corrected chi connectivity index (χ3v) is 7.38. The molecule has 0 aliphatic carbocycles. The monoisotopic (exact) mass is 568 g/mol. The molecule has 40 heavy (non-hydrogen) atoms. The molecule has 10 heteroatoms. The molecule has 2 aromatic carbocycles. The third-order valence-electron chi connectivity index (χ3n) is 6.49. The van der Waals surface area contributed by atoms with E-state index in [0.29, 0.717) is 46.0 Å². The molecule has 0 saturated carbocycles. The first-order valence-electron chi connectivity index (χ1n) is 13.8. The first-order valence-corrected chi connectivity index (χ1v) is 14.6. The van der Waals surface area contributed by atoms with Gasteiger partial charge in [0.05, 0.1) is 21.3 Å². The van der Waals surface area contributed by atoms with Crippen molar-refractivity contribution in [1.82, 2.24) is 15.1 Å². The minimum atomic E-state index is -0.232. The second-order valence-corrected chi connectivity index (χ2v) is 10.4. The number of hydrogen-bond donors (Lipinski definition) is 1. The Balaban J connectivity index is 1.59. The number of aryl methyl sites for hydroxylation is 1. The fourth-order valence-electron chi connectivity index (χ4n) is 4.35. The fourth-order valence-corrected chi connectivity index (χ4v) is 5.10. The normalized spacial score (nSPS) is 10.7. The quantitative estimate of drug-likeness (QED) is 0.204. The molecule has 1 heterocycles. The molecule has 0 fully saturated rings. The topological polar surface area (TPSA) is 103 Å². The summed E-state index contributed by atoms with van der Waals surface area (Å²) in [5.41, 5.74) is 2.61. The van der Waals surface area contributed by atoms with Gasteiger partial charge in [-0.3, -0.25) is 9.59 Å². The average molecular weight is 569 g/mol. The van der Waals surface area contributed by atoms with E-state index in [1.54, 1.807) is 38.4 Å². The number of carbonyl (C=O) groups is 2. The lowest BCUT2D eigenvalue weighted by Crippen LogP contribution is -2.34. The van der Waals surface area contributed by atoms with Gasteiger partial charge in [0, 0.05) is 30.6 Å². The molecule has 0 aliphatic heterocycles. The van der Waals surface area contributed by atoms with Gasteiger partial charge >= 0.3 is 0 Å². The molecule has 3 aromatic rings. The lowest BCUT2D eigenvalue weighted by molar-refractivity contribution is -0.116. The molecule has 0 bridgehead atoms. The van der Waals surface area contributed by atoms with Crippen LogP contribution in [-0.2, 0) is 11.2 Å². The van der Waals surface area contributed by atoms with E-state index >= 15 is 0 Å². The van der Waals surface area contributed by atoms with E-state index in [4.69, 9.17) is 14.2 Å². The van der Waals surface area contributed by atoms with Crippen LogP contribution >= 0.6 is 11.3 Å². The van der Waals surface area contributed by atoms with Gasteiger partial charge in [-0.2, -0.15) is 0 Å². The number of aromatic nitrogens is 2. The van der Waals surface area contributed by atoms with Gasteiger partial charge in [0.2, 0.25) is 16.8 Å². The largest absolute Gasteiger partial charge is 0.493 e. The van der Waals surface area contributed by atoms with Gasteiger partial charge < -0.3 is 24.4 Å². The molecule has 1 aromatic heterocycles. The lowest BCUT2D eigenvalue weighted by Gasteiger charge is -2.22. The summed E-state index contributed by atoms with van der Waals surface area (Å²) in [7, 11) is 4.63. The van der Waals surface area contributed by atoms with E-state index in [0.717, 1.165) is 24.8 Å². The van der Waals surface area contributed by atoms with E-state index in [9.17, 15) is 9.59 Å². The fraction of sp³-hybridized carbons (Fsp3) is 0.467. The van der Waals surface area contributed by atoms with Crippen molar-refractivity contribution < 1.29 is 23.8 Å². The molecule has 216 valence electrons. The first kappa shape index (κ1) is 30.9. The summed E-state index contributed by atoms with van der Waals surface area (Å²) < 4.78 is 16.2. The number of benzene rings is 2. The van der Waals surface area contributed by atoms with Crippen LogP contribution in [-0.4, -0.2) is 61.3 Å². The predicted octanol–water partition coefficient (Wildman–Crippen LogP) is 6.23. The van der Waals surface area contributed by atoms with Gasteiger partial charge in [0.25, 0.3) is 5.91 Å². The molecule has 0 atom stereocenters. The molecular formula is C30H40N4O5S. The van der Waals surface area contributed by atoms with Gasteiger partial charge in [0.15, 0.2) is 11.5 Å². The third kappa shape index (κ3) is 8.42. The summed E-state index contributed by atoms with van der Waals surface area (Å²) in [5, 5.41) is 12.1. The van der Waals surface area contributed by atoms with Gasteiger partial charge in [-0.25, -0.2) is 0 Å². The van der Waals surface area contributed by atoms with Crippen molar-refractivity contribution in [2.75, 3.05) is 39.7 Å². The Bertz CT molecular complexity index is 1220. The van der Waals surface area contributed by atoms with E-state index in [1.165, 1.54) is 36.2 Å². The highest BCUT2D eigenvalue weighted by atomic mass is 32.1. The Hall–Kier alpha value is -3.66. The Kier molecular flexibility index (Phi) is 12.2. The minimum absolute atomic E-state index is 0.0622. The standard InChI is InChI=1S/C30H40N4O5S/c1-6-8-9-10-11-21-12-14-22(15-13-21)29(36)34(17-7-2)18-16-26(35)31-30-33-32-28(40-30)23-19-24(37-3)27(39-5)25(20-23)38-4/h12-15,19-20H,6-11,16-18H2,1-5H3,(H,31,33,35). The number of amides is 2. The van der Waals surface area contributed by atoms with Crippen LogP contribution in [0.5, 0.6) is 17.2 Å². The van der Waals surface area contributed by atoms with Crippen molar-refractivity contribution in [2.24, 2.45) is 0 Å². The van der Waals surface area contributed by atoms with Crippen LogP contribution in [0, 0.1) is 0 Å². The zero-order chi connectivity index (χ0) is 28.9. The number of rotatable bonds is 16. The number of anilines is 1. The van der Waals surface area contributed by atoms with E-state index in [1.807, 2.05) is 31.2 Å². The molecule has 0 spiro atoms. The van der Waals surface area contributed by atoms with Crippen molar-refractivity contribution in [3.63, 3.8) is 0 Å². The highest BCUT2D eigenvalue weighted by molar-refractivity contribution is 7.18. The number of hydrogen-bond acceptors (Lipinski definition) is 8. The SMILES string of the molecule is CCCCCCc1ccc(C(=O)N(CCC)CCC(=O)Nc2nnc(-c3cc(OC)c(OC)c(OC)c3)s2)cc1. The van der Waals surface area contributed by atoms with Gasteiger partial charge in [0.1, 0.15) is 5.01 Å². The number of unbranched alkanes of at least 4 members (excludes halogenated alkanes) is 3. The molecular weight excluding hydrogens is 528 g/mol. The lowest BCUT2D eigenvalue weighted by atomic mass is 10.0. The molecule has 0 unspecified atom stereocenters. The molecule has 0 saturated heterocycles. The molecule has 3 rings (SSSR count). The Morgan fingerprint density at radius 1 is 0.875 bits per heavy atom. The molecule has 0 aliphatic rings. The van der Waals surface area contributed by atoms with Crippen molar-refractivity contribution in [2.45, 2.75) is 58.8 Å². The smallest absolute Gasteiger partial charge is 0.253 e. The van der Waals surface area contributed by atoms with Crippen LogP contribution in [0.25, 0.3) is 10.6 Å². The minimum Gasteiger partial charge on any atom is -0.493 e. The number of methoxy groups -OCH3 is 3. The van der Waals surface area contributed by atoms with Crippen LogP contribution in [0.2, 0.25) is 0 Å². The summed E-state index contributed by atoms with van der Waals surface area (Å²) in [6.07, 6.45) is 6.85. The van der Waals surface area contributed by atoms with Crippen LogP contribution < -0.4 is 19.5 Å². The number of ether oxygens (including phenoxy) is 3. The zero-order valence-corrected chi connectivity index (χ0v) is 24.9. The second-order valence-electron chi connectivity index (χ2n) is 9.42. The predicted molar refractivity (Wildman–Crippen MR) is 159 cm³/mol. The maximum Gasteiger partial charge on any atom is 0.253 e. The Morgan fingerprint density at radius 2 is 1.57 bits per heavy atom. The number of nitrogens with one attached hydrogen (secondary N) is 1. The van der Waals surface area contributed by atoms with E-state index in [-0.39, 0.29) is 18.2 Å². The van der Waals surface area contributed by atoms with Crippen molar-refractivity contribution in [3.05, 3.63) is 47.5 Å². The number of carbonyl (C=O) groups excluding carboxylic acids is 2. The van der Waals surface area contributed by atoms with Crippen molar-refractivity contribution >= 4 is 28.3 Å². The van der Waals surface area contributed by atoms with Crippen molar-refractivity contribution in [1.29, 1.82) is 0 Å². The van der Waals surface area contributed by atoms with E-state index < -0.39 is 0 Å². The van der Waals surface area contributed by atoms with Crippen LogP contribution in [0.4, 0.5) is 5.13 Å². The van der Waals surface area contributed by atoms with E-state index in [2.05, 4.69) is 22.4 Å². The number of nitrogens with zero attached hydrogens (tertiary/aromatic N) is 3. The molecule has 9 nitrogen and oxygen atoms in total. The highest BCUT2D eigenvalue weighted by Gasteiger charge is 2.19. The van der Waals surface area contributed by atoms with Gasteiger partial charge in [-0.1, -0.05) is 56.6 Å². The van der Waals surface area contributed by atoms with Crippen LogP contribution in [0.15, 0.2) is 36.4 Å². The maximum atomic E-state index is 13.2. The van der Waals surface area contributed by atoms with Gasteiger partial charge in [-0.15, -0.1) is 10.2 Å². The summed E-state index contributed by atoms with van der Waals surface area (Å²) in [6, 6.07) is 11.4. The summed E-state index contributed by atoms with van der Waals surface area (Å²) in [4.78, 5) is 27.6. The van der Waals surface area contributed by atoms with Gasteiger partial charge in [-0.05, 0) is 49.1 Å². The molecule has 2 amide bonds. The van der Waals surface area contributed by atoms with Crippen molar-refractivity contribution in [3.8, 4) is 27.8 Å². The summed E-state index contributed by atoms with van der Waals surface area (Å²) in [5.74, 6) is 1.19. The Labute approximate surface area is 240 Å². The summed E-state index contributed by atoms with van der Waals surface area (Å²) >= 11 is 1.24. The maximum absolute atomic E-state index is 13.2. The summed E-state index contributed by atoms with van der Waals surface area (Å²) in [6.45, 7) is 5.12.